The van der Waals surface area contributed by atoms with Crippen molar-refractivity contribution in [1.29, 1.82) is 0 Å². The number of nitrogens with zero attached hydrogens (tertiary/aromatic N) is 2. The molecular weight excluding hydrogens is 218 g/mol. The minimum absolute atomic E-state index is 0.139. The molecule has 5 heteroatoms. The van der Waals surface area contributed by atoms with E-state index in [4.69, 9.17) is 4.74 Å². The molecule has 17 heavy (non-hydrogen) atoms. The fourth-order valence-corrected chi connectivity index (χ4v) is 1.85. The number of ether oxygens (including phenoxy) is 1. The van der Waals surface area contributed by atoms with E-state index in [2.05, 4.69) is 10.3 Å². The third kappa shape index (κ3) is 3.09. The maximum atomic E-state index is 11.8. The van der Waals surface area contributed by atoms with Gasteiger partial charge >= 0.3 is 0 Å². The molecule has 5 nitrogen and oxygen atoms in total. The normalized spacial score (nSPS) is 14.8. The molecule has 2 heterocycles. The highest BCUT2D eigenvalue weighted by molar-refractivity contribution is 5.80. The molecule has 0 atom stereocenters. The largest absolute Gasteiger partial charge is 0.495 e. The topological polar surface area (TPSA) is 54.5 Å². The number of hydrogen-bond donors (Lipinski definition) is 1. The van der Waals surface area contributed by atoms with E-state index in [0.717, 1.165) is 25.9 Å². The van der Waals surface area contributed by atoms with E-state index in [1.165, 1.54) is 0 Å². The smallest absolute Gasteiger partial charge is 0.241 e. The highest BCUT2D eigenvalue weighted by Crippen LogP contribution is 2.11. The molecule has 1 saturated heterocycles. The van der Waals surface area contributed by atoms with Crippen molar-refractivity contribution in [2.75, 3.05) is 32.1 Å². The number of anilines is 1. The van der Waals surface area contributed by atoms with Gasteiger partial charge in [0.05, 0.1) is 19.9 Å². The molecule has 92 valence electrons. The summed E-state index contributed by atoms with van der Waals surface area (Å²) in [6.45, 7) is 2.08. The van der Waals surface area contributed by atoms with Crippen molar-refractivity contribution in [1.82, 2.24) is 9.88 Å². The van der Waals surface area contributed by atoms with Gasteiger partial charge in [0.1, 0.15) is 11.6 Å². The molecule has 0 aliphatic carbocycles. The van der Waals surface area contributed by atoms with Gasteiger partial charge in [0.2, 0.25) is 5.91 Å². The Bertz CT molecular complexity index is 372. The Morgan fingerprint density at radius 3 is 2.82 bits per heavy atom. The van der Waals surface area contributed by atoms with Crippen molar-refractivity contribution in [2.45, 2.75) is 12.8 Å². The van der Waals surface area contributed by atoms with Crippen LogP contribution in [0.15, 0.2) is 18.3 Å². The summed E-state index contributed by atoms with van der Waals surface area (Å²) in [5, 5.41) is 3.01. The van der Waals surface area contributed by atoms with Crippen LogP contribution in [0.2, 0.25) is 0 Å². The number of pyridine rings is 1. The maximum absolute atomic E-state index is 11.8. The van der Waals surface area contributed by atoms with Crippen LogP contribution in [0.4, 0.5) is 5.82 Å². The van der Waals surface area contributed by atoms with E-state index in [1.807, 2.05) is 11.0 Å². The molecule has 1 aliphatic heterocycles. The Labute approximate surface area is 101 Å². The number of hydrogen-bond acceptors (Lipinski definition) is 4. The van der Waals surface area contributed by atoms with Crippen LogP contribution in [0.3, 0.4) is 0 Å². The third-order valence-electron chi connectivity index (χ3n) is 2.85. The highest BCUT2D eigenvalue weighted by atomic mass is 16.5. The first-order valence-corrected chi connectivity index (χ1v) is 5.81. The Morgan fingerprint density at radius 2 is 2.24 bits per heavy atom. The molecule has 1 aromatic rings. The molecule has 2 rings (SSSR count). The average Bonchev–Trinajstić information content (AvgIpc) is 2.90. The number of aromatic nitrogens is 1. The number of methoxy groups -OCH3 is 1. The van der Waals surface area contributed by atoms with Gasteiger partial charge in [-0.3, -0.25) is 4.79 Å². The molecule has 0 radical (unpaired) electrons. The van der Waals surface area contributed by atoms with Crippen LogP contribution in [0.5, 0.6) is 5.75 Å². The van der Waals surface area contributed by atoms with Gasteiger partial charge in [-0.1, -0.05) is 0 Å². The second kappa shape index (κ2) is 5.52. The zero-order valence-corrected chi connectivity index (χ0v) is 9.98. The first-order valence-electron chi connectivity index (χ1n) is 5.81. The number of carbonyl (C=O) groups is 1. The van der Waals surface area contributed by atoms with Gasteiger partial charge in [-0.25, -0.2) is 4.98 Å². The number of nitrogens with one attached hydrogen (secondary N) is 1. The molecule has 1 N–H and O–H groups in total. The number of amides is 1. The Balaban J connectivity index is 1.82. The van der Waals surface area contributed by atoms with Crippen LogP contribution in [0.1, 0.15) is 12.8 Å². The average molecular weight is 235 g/mol. The second-order valence-corrected chi connectivity index (χ2v) is 4.02. The second-order valence-electron chi connectivity index (χ2n) is 4.02. The van der Waals surface area contributed by atoms with Gasteiger partial charge in [-0.05, 0) is 25.0 Å². The van der Waals surface area contributed by atoms with Gasteiger partial charge in [0.15, 0.2) is 0 Å². The molecule has 0 bridgehead atoms. The standard InChI is InChI=1S/C12H17N3O2/c1-17-10-4-5-11(13-8-10)14-9-12(16)15-6-2-3-7-15/h4-5,8H,2-3,6-7,9H2,1H3,(H,13,14). The summed E-state index contributed by atoms with van der Waals surface area (Å²) < 4.78 is 5.01. The van der Waals surface area contributed by atoms with Crippen molar-refractivity contribution < 1.29 is 9.53 Å². The number of rotatable bonds is 4. The third-order valence-corrected chi connectivity index (χ3v) is 2.85. The van der Waals surface area contributed by atoms with Crippen molar-refractivity contribution >= 4 is 11.7 Å². The van der Waals surface area contributed by atoms with Crippen LogP contribution in [0.25, 0.3) is 0 Å². The first kappa shape index (κ1) is 11.7. The van der Waals surface area contributed by atoms with Crippen LogP contribution in [-0.4, -0.2) is 42.5 Å². The lowest BCUT2D eigenvalue weighted by atomic mass is 10.4. The lowest BCUT2D eigenvalue weighted by molar-refractivity contribution is -0.128. The van der Waals surface area contributed by atoms with Crippen molar-refractivity contribution in [3.05, 3.63) is 18.3 Å². The van der Waals surface area contributed by atoms with E-state index < -0.39 is 0 Å². The lowest BCUT2D eigenvalue weighted by Gasteiger charge is -2.15. The van der Waals surface area contributed by atoms with Gasteiger partial charge in [0.25, 0.3) is 0 Å². The summed E-state index contributed by atoms with van der Waals surface area (Å²) in [5.74, 6) is 1.54. The molecule has 1 amide bonds. The zero-order chi connectivity index (χ0) is 12.1. The van der Waals surface area contributed by atoms with Crippen LogP contribution in [0, 0.1) is 0 Å². The predicted molar refractivity (Wildman–Crippen MR) is 65.1 cm³/mol. The summed E-state index contributed by atoms with van der Waals surface area (Å²) in [7, 11) is 1.60. The minimum Gasteiger partial charge on any atom is -0.495 e. The molecule has 0 aromatic carbocycles. The highest BCUT2D eigenvalue weighted by Gasteiger charge is 2.17. The molecule has 0 unspecified atom stereocenters. The van der Waals surface area contributed by atoms with Crippen molar-refractivity contribution in [3.63, 3.8) is 0 Å². The maximum Gasteiger partial charge on any atom is 0.241 e. The number of carbonyl (C=O) groups excluding carboxylic acids is 1. The van der Waals surface area contributed by atoms with Gasteiger partial charge in [-0.15, -0.1) is 0 Å². The van der Waals surface area contributed by atoms with Crippen LogP contribution >= 0.6 is 0 Å². The molecule has 1 aromatic heterocycles. The summed E-state index contributed by atoms with van der Waals surface area (Å²) >= 11 is 0. The minimum atomic E-state index is 0.139. The monoisotopic (exact) mass is 235 g/mol. The fourth-order valence-electron chi connectivity index (χ4n) is 1.85. The molecule has 1 aliphatic rings. The first-order chi connectivity index (χ1) is 8.29. The van der Waals surface area contributed by atoms with E-state index in [0.29, 0.717) is 18.1 Å². The zero-order valence-electron chi connectivity index (χ0n) is 9.98. The van der Waals surface area contributed by atoms with E-state index in [1.54, 1.807) is 19.4 Å². The summed E-state index contributed by atoms with van der Waals surface area (Å²) in [5.41, 5.74) is 0. The van der Waals surface area contributed by atoms with Crippen molar-refractivity contribution in [3.8, 4) is 5.75 Å². The summed E-state index contributed by atoms with van der Waals surface area (Å²) in [6.07, 6.45) is 3.86. The quantitative estimate of drug-likeness (QED) is 0.849. The van der Waals surface area contributed by atoms with Crippen molar-refractivity contribution in [2.24, 2.45) is 0 Å². The van der Waals surface area contributed by atoms with E-state index in [9.17, 15) is 4.79 Å². The Hall–Kier alpha value is -1.78. The van der Waals surface area contributed by atoms with E-state index in [-0.39, 0.29) is 5.91 Å². The molecule has 0 spiro atoms. The SMILES string of the molecule is COc1ccc(NCC(=O)N2CCCC2)nc1. The van der Waals surface area contributed by atoms with Crippen LogP contribution in [-0.2, 0) is 4.79 Å². The number of likely N-dealkylation sites (tertiary alicyclic amines) is 1. The summed E-state index contributed by atoms with van der Waals surface area (Å²) in [4.78, 5) is 17.8. The van der Waals surface area contributed by atoms with Gasteiger partial charge in [0, 0.05) is 13.1 Å². The lowest BCUT2D eigenvalue weighted by Crippen LogP contribution is -2.33. The predicted octanol–water partition coefficient (Wildman–Crippen LogP) is 1.12. The fraction of sp³-hybridized carbons (Fsp3) is 0.500. The molecule has 1 fully saturated rings. The Kier molecular flexibility index (Phi) is 3.80. The van der Waals surface area contributed by atoms with Gasteiger partial charge < -0.3 is 15.0 Å². The van der Waals surface area contributed by atoms with Gasteiger partial charge in [-0.2, -0.15) is 0 Å². The molecule has 0 saturated carbocycles. The Morgan fingerprint density at radius 1 is 1.47 bits per heavy atom. The van der Waals surface area contributed by atoms with Crippen LogP contribution < -0.4 is 10.1 Å². The molecular formula is C12H17N3O2. The summed E-state index contributed by atoms with van der Waals surface area (Å²) in [6, 6.07) is 3.62. The van der Waals surface area contributed by atoms with E-state index >= 15 is 0 Å².